The minimum Gasteiger partial charge on any atom is -0.393 e. The zero-order valence-corrected chi connectivity index (χ0v) is 12.0. The third-order valence-corrected chi connectivity index (χ3v) is 5.69. The summed E-state index contributed by atoms with van der Waals surface area (Å²) < 4.78 is 6.11. The lowest BCUT2D eigenvalue weighted by molar-refractivity contribution is -0.117. The molecule has 100 valence electrons. The molecule has 2 rings (SSSR count). The van der Waals surface area contributed by atoms with E-state index in [0.717, 1.165) is 19.4 Å². The van der Waals surface area contributed by atoms with Gasteiger partial charge < -0.3 is 9.84 Å². The van der Waals surface area contributed by atoms with Crippen LogP contribution >= 0.6 is 11.8 Å². The van der Waals surface area contributed by atoms with Crippen molar-refractivity contribution in [1.82, 2.24) is 0 Å². The molecule has 0 amide bonds. The molecule has 3 atom stereocenters. The Kier molecular flexibility index (Phi) is 4.79. The van der Waals surface area contributed by atoms with Crippen LogP contribution in [0.15, 0.2) is 0 Å². The number of rotatable bonds is 3. The third kappa shape index (κ3) is 3.18. The normalized spacial score (nSPS) is 32.3. The van der Waals surface area contributed by atoms with Crippen LogP contribution in [0.3, 0.4) is 0 Å². The molecule has 2 fully saturated rings. The fourth-order valence-electron chi connectivity index (χ4n) is 3.29. The monoisotopic (exact) mass is 258 g/mol. The second-order valence-electron chi connectivity index (χ2n) is 5.73. The SMILES string of the molecule is CCC(O)C(C)C1CCOC2(CCSCC2)C1. The van der Waals surface area contributed by atoms with Crippen LogP contribution in [0.1, 0.15) is 46.0 Å². The predicted molar refractivity (Wildman–Crippen MR) is 73.4 cm³/mol. The van der Waals surface area contributed by atoms with Crippen LogP contribution in [0, 0.1) is 11.8 Å². The van der Waals surface area contributed by atoms with Crippen molar-refractivity contribution >= 4 is 11.8 Å². The molecule has 0 radical (unpaired) electrons. The van der Waals surface area contributed by atoms with E-state index in [4.69, 9.17) is 4.74 Å². The molecule has 0 saturated carbocycles. The maximum atomic E-state index is 10.0. The van der Waals surface area contributed by atoms with Crippen LogP contribution in [0.25, 0.3) is 0 Å². The van der Waals surface area contributed by atoms with E-state index in [1.807, 2.05) is 0 Å². The summed E-state index contributed by atoms with van der Waals surface area (Å²) in [6.07, 6.45) is 5.47. The van der Waals surface area contributed by atoms with Gasteiger partial charge in [-0.05, 0) is 55.4 Å². The van der Waals surface area contributed by atoms with Gasteiger partial charge in [-0.15, -0.1) is 0 Å². The zero-order chi connectivity index (χ0) is 12.3. The standard InChI is InChI=1S/C14H26O2S/c1-3-13(15)11(2)12-4-7-16-14(10-12)5-8-17-9-6-14/h11-13,15H,3-10H2,1-2H3. The van der Waals surface area contributed by atoms with Gasteiger partial charge in [0.2, 0.25) is 0 Å². The topological polar surface area (TPSA) is 29.5 Å². The molecule has 2 aliphatic rings. The smallest absolute Gasteiger partial charge is 0.0701 e. The van der Waals surface area contributed by atoms with Crippen molar-refractivity contribution < 1.29 is 9.84 Å². The lowest BCUT2D eigenvalue weighted by Gasteiger charge is -2.45. The van der Waals surface area contributed by atoms with Gasteiger partial charge in [0.25, 0.3) is 0 Å². The molecule has 1 N–H and O–H groups in total. The van der Waals surface area contributed by atoms with Crippen molar-refractivity contribution in [3.8, 4) is 0 Å². The summed E-state index contributed by atoms with van der Waals surface area (Å²) in [5, 5.41) is 10.0. The molecule has 2 aliphatic heterocycles. The van der Waals surface area contributed by atoms with Gasteiger partial charge in [0.15, 0.2) is 0 Å². The second-order valence-corrected chi connectivity index (χ2v) is 6.96. The number of thioether (sulfide) groups is 1. The van der Waals surface area contributed by atoms with Crippen LogP contribution < -0.4 is 0 Å². The summed E-state index contributed by atoms with van der Waals surface area (Å²) in [6.45, 7) is 5.19. The molecule has 2 saturated heterocycles. The Morgan fingerprint density at radius 3 is 2.76 bits per heavy atom. The highest BCUT2D eigenvalue weighted by Gasteiger charge is 2.40. The Hall–Kier alpha value is 0.270. The number of ether oxygens (including phenoxy) is 1. The zero-order valence-electron chi connectivity index (χ0n) is 11.2. The van der Waals surface area contributed by atoms with Crippen molar-refractivity contribution in [3.05, 3.63) is 0 Å². The van der Waals surface area contributed by atoms with Gasteiger partial charge in [-0.25, -0.2) is 0 Å². The average Bonchev–Trinajstić information content (AvgIpc) is 2.38. The lowest BCUT2D eigenvalue weighted by atomic mass is 9.74. The van der Waals surface area contributed by atoms with Crippen molar-refractivity contribution in [2.75, 3.05) is 18.1 Å². The van der Waals surface area contributed by atoms with Crippen molar-refractivity contribution in [2.24, 2.45) is 11.8 Å². The first-order valence-corrected chi connectivity index (χ1v) is 8.22. The van der Waals surface area contributed by atoms with E-state index >= 15 is 0 Å². The van der Waals surface area contributed by atoms with E-state index < -0.39 is 0 Å². The van der Waals surface area contributed by atoms with Crippen LogP contribution in [0.4, 0.5) is 0 Å². The fourth-order valence-corrected chi connectivity index (χ4v) is 4.53. The maximum Gasteiger partial charge on any atom is 0.0701 e. The van der Waals surface area contributed by atoms with E-state index in [2.05, 4.69) is 25.6 Å². The molecule has 0 aromatic rings. The van der Waals surface area contributed by atoms with Crippen LogP contribution in [-0.2, 0) is 4.74 Å². The van der Waals surface area contributed by atoms with Gasteiger partial charge in [-0.2, -0.15) is 11.8 Å². The summed E-state index contributed by atoms with van der Waals surface area (Å²) in [7, 11) is 0. The Morgan fingerprint density at radius 1 is 1.41 bits per heavy atom. The summed E-state index contributed by atoms with van der Waals surface area (Å²) in [5.41, 5.74) is 0.163. The van der Waals surface area contributed by atoms with Crippen LogP contribution in [-0.4, -0.2) is 34.9 Å². The van der Waals surface area contributed by atoms with Crippen molar-refractivity contribution in [3.63, 3.8) is 0 Å². The largest absolute Gasteiger partial charge is 0.393 e. The Balaban J connectivity index is 1.96. The Morgan fingerprint density at radius 2 is 2.12 bits per heavy atom. The van der Waals surface area contributed by atoms with Gasteiger partial charge >= 0.3 is 0 Å². The van der Waals surface area contributed by atoms with Gasteiger partial charge in [0.05, 0.1) is 11.7 Å². The Bertz CT molecular complexity index is 233. The molecule has 3 heteroatoms. The first-order chi connectivity index (χ1) is 8.17. The molecular weight excluding hydrogens is 232 g/mol. The molecule has 0 bridgehead atoms. The van der Waals surface area contributed by atoms with Gasteiger partial charge in [0, 0.05) is 6.61 Å². The quantitative estimate of drug-likeness (QED) is 0.843. The van der Waals surface area contributed by atoms with Gasteiger partial charge in [-0.3, -0.25) is 0 Å². The Labute approximate surface area is 110 Å². The maximum absolute atomic E-state index is 10.0. The molecule has 1 spiro atoms. The summed E-state index contributed by atoms with van der Waals surface area (Å²) in [5.74, 6) is 3.58. The van der Waals surface area contributed by atoms with E-state index in [-0.39, 0.29) is 11.7 Å². The first kappa shape index (κ1) is 13.7. The average molecular weight is 258 g/mol. The molecule has 0 aliphatic carbocycles. The van der Waals surface area contributed by atoms with Crippen molar-refractivity contribution in [1.29, 1.82) is 0 Å². The highest BCUT2D eigenvalue weighted by Crippen LogP contribution is 2.42. The minimum absolute atomic E-state index is 0.131. The third-order valence-electron chi connectivity index (χ3n) is 4.70. The first-order valence-electron chi connectivity index (χ1n) is 7.06. The van der Waals surface area contributed by atoms with E-state index in [0.29, 0.717) is 11.8 Å². The summed E-state index contributed by atoms with van der Waals surface area (Å²) in [4.78, 5) is 0. The molecule has 0 aromatic carbocycles. The molecule has 0 aromatic heterocycles. The predicted octanol–water partition coefficient (Wildman–Crippen LogP) is 3.09. The number of aliphatic hydroxyl groups excluding tert-OH is 1. The van der Waals surface area contributed by atoms with Gasteiger partial charge in [-0.1, -0.05) is 13.8 Å². The van der Waals surface area contributed by atoms with E-state index in [1.165, 1.54) is 30.8 Å². The molecule has 17 heavy (non-hydrogen) atoms. The number of aliphatic hydroxyl groups is 1. The van der Waals surface area contributed by atoms with E-state index in [9.17, 15) is 5.11 Å². The highest BCUT2D eigenvalue weighted by atomic mass is 32.2. The highest BCUT2D eigenvalue weighted by molar-refractivity contribution is 7.99. The summed E-state index contributed by atoms with van der Waals surface area (Å²) in [6, 6.07) is 0. The fraction of sp³-hybridized carbons (Fsp3) is 1.00. The lowest BCUT2D eigenvalue weighted by Crippen LogP contribution is -2.45. The summed E-state index contributed by atoms with van der Waals surface area (Å²) >= 11 is 2.05. The van der Waals surface area contributed by atoms with E-state index in [1.54, 1.807) is 0 Å². The minimum atomic E-state index is -0.131. The van der Waals surface area contributed by atoms with Crippen LogP contribution in [0.2, 0.25) is 0 Å². The molecule has 2 heterocycles. The number of hydrogen-bond acceptors (Lipinski definition) is 3. The second kappa shape index (κ2) is 5.94. The van der Waals surface area contributed by atoms with Gasteiger partial charge in [0.1, 0.15) is 0 Å². The van der Waals surface area contributed by atoms with Crippen LogP contribution in [0.5, 0.6) is 0 Å². The number of hydrogen-bond donors (Lipinski definition) is 1. The van der Waals surface area contributed by atoms with Crippen molar-refractivity contribution in [2.45, 2.75) is 57.7 Å². The molecular formula is C14H26O2S. The molecule has 3 unspecified atom stereocenters. The molecule has 2 nitrogen and oxygen atoms in total.